The number of hydrogen-bond acceptors (Lipinski definition) is 2. The molecule has 0 aromatic heterocycles. The lowest BCUT2D eigenvalue weighted by Gasteiger charge is -2.32. The summed E-state index contributed by atoms with van der Waals surface area (Å²) in [6, 6.07) is 36.7. The third-order valence-corrected chi connectivity index (χ3v) is 17.1. The summed E-state index contributed by atoms with van der Waals surface area (Å²) in [5, 5.41) is 0. The van der Waals surface area contributed by atoms with E-state index in [0.29, 0.717) is 0 Å². The fourth-order valence-electron chi connectivity index (χ4n) is 13.9. The van der Waals surface area contributed by atoms with Crippen LogP contribution in [0.4, 0.5) is 22.7 Å². The van der Waals surface area contributed by atoms with Crippen LogP contribution in [0.3, 0.4) is 0 Å². The molecule has 6 unspecified atom stereocenters. The molecule has 0 spiro atoms. The van der Waals surface area contributed by atoms with Crippen LogP contribution in [0.1, 0.15) is 114 Å². The average Bonchev–Trinajstić information content (AvgIpc) is 4.16. The minimum atomic E-state index is -0.0832. The topological polar surface area (TPSA) is 9.49 Å². The molecule has 4 aromatic rings. The molecule has 5 aliphatic carbocycles. The molecule has 318 valence electrons. The van der Waals surface area contributed by atoms with E-state index in [1.165, 1.54) is 125 Å². The Labute approximate surface area is 372 Å². The maximum atomic E-state index is 2.76. The van der Waals surface area contributed by atoms with Crippen LogP contribution in [-0.4, -0.2) is 23.4 Å². The van der Waals surface area contributed by atoms with Crippen LogP contribution in [0, 0.1) is 49.4 Å². The van der Waals surface area contributed by atoms with Gasteiger partial charge >= 0.3 is 0 Å². The van der Waals surface area contributed by atoms with E-state index in [0.717, 1.165) is 61.4 Å². The average molecular weight is 819 g/mol. The van der Waals surface area contributed by atoms with Gasteiger partial charge in [0, 0.05) is 58.3 Å². The molecule has 3 nitrogen and oxygen atoms in total. The number of benzene rings is 4. The Bertz CT molecular complexity index is 2510. The van der Waals surface area contributed by atoms with E-state index < -0.39 is 0 Å². The lowest BCUT2D eigenvalue weighted by molar-refractivity contribution is -0.448. The minimum absolute atomic E-state index is 0.0832. The van der Waals surface area contributed by atoms with Gasteiger partial charge in [-0.3, -0.25) is 0 Å². The van der Waals surface area contributed by atoms with Gasteiger partial charge in [-0.25, -0.2) is 0 Å². The van der Waals surface area contributed by atoms with Gasteiger partial charge in [0.2, 0.25) is 5.69 Å². The van der Waals surface area contributed by atoms with Crippen molar-refractivity contribution in [2.24, 2.45) is 35.5 Å². The van der Waals surface area contributed by atoms with E-state index in [1.807, 2.05) is 0 Å². The first kappa shape index (κ1) is 39.9. The fraction of sp³-hybridized carbons (Fsp3) is 0.441. The third kappa shape index (κ3) is 6.79. The molecule has 4 aromatic carbocycles. The van der Waals surface area contributed by atoms with Gasteiger partial charge < -0.3 is 9.80 Å². The number of rotatable bonds is 10. The van der Waals surface area contributed by atoms with Gasteiger partial charge in [-0.2, -0.15) is 4.58 Å². The lowest BCUT2D eigenvalue weighted by Crippen LogP contribution is -2.32. The molecule has 2 aliphatic heterocycles. The second-order valence-corrected chi connectivity index (χ2v) is 21.7. The summed E-state index contributed by atoms with van der Waals surface area (Å²) in [6.07, 6.45) is 23.7. The van der Waals surface area contributed by atoms with E-state index in [-0.39, 0.29) is 10.8 Å². The van der Waals surface area contributed by atoms with E-state index in [2.05, 4.69) is 177 Å². The Hall–Kier alpha value is -4.89. The van der Waals surface area contributed by atoms with Gasteiger partial charge in [0.1, 0.15) is 0 Å². The molecule has 0 N–H and O–H groups in total. The van der Waals surface area contributed by atoms with Crippen LogP contribution in [0.15, 0.2) is 144 Å². The number of fused-ring (bicyclic) bond motifs is 6. The fourth-order valence-corrected chi connectivity index (χ4v) is 13.9. The molecule has 4 bridgehead atoms. The Morgan fingerprint density at radius 3 is 1.90 bits per heavy atom. The third-order valence-electron chi connectivity index (χ3n) is 17.1. The quantitative estimate of drug-likeness (QED) is 0.147. The number of hydrogen-bond donors (Lipinski definition) is 0. The first-order valence-electron chi connectivity index (χ1n) is 24.4. The number of anilines is 3. The molecule has 2 heterocycles. The standard InChI is InChI=1S/C59H68N3/c1-39-17-27-53-51(31-39)58(3,4)55(60(53)37-47-35-41-19-21-45(47)33-41)29-25-43-23-24-44(57(43)62(49-13-9-7-10-14-49)50-15-11-8-12-16-50)26-30-56-59(5,6)52-32-40(2)18-28-54(52)61(56)38-48-36-42-20-22-46(48)34-42/h7-18,25-32,41-42,45-48H,19-24,33-38H2,1-6H3/q+1. The first-order valence-corrected chi connectivity index (χ1v) is 24.4. The largest absolute Gasteiger partial charge is 0.344 e. The van der Waals surface area contributed by atoms with Crippen LogP contribution in [-0.2, 0) is 10.8 Å². The molecule has 11 rings (SSSR count). The van der Waals surface area contributed by atoms with Gasteiger partial charge in [-0.15, -0.1) is 0 Å². The first-order chi connectivity index (χ1) is 30.0. The highest BCUT2D eigenvalue weighted by molar-refractivity contribution is 6.03. The smallest absolute Gasteiger partial charge is 0.209 e. The van der Waals surface area contributed by atoms with Gasteiger partial charge in [0.05, 0.1) is 11.1 Å². The predicted octanol–water partition coefficient (Wildman–Crippen LogP) is 14.6. The van der Waals surface area contributed by atoms with Crippen molar-refractivity contribution in [3.8, 4) is 0 Å². The van der Waals surface area contributed by atoms with Crippen LogP contribution in [0.25, 0.3) is 0 Å². The van der Waals surface area contributed by atoms with Crippen molar-refractivity contribution in [1.29, 1.82) is 0 Å². The van der Waals surface area contributed by atoms with Crippen molar-refractivity contribution < 1.29 is 4.58 Å². The summed E-state index contributed by atoms with van der Waals surface area (Å²) in [7, 11) is 0. The number of allylic oxidation sites excluding steroid dienone is 7. The minimum Gasteiger partial charge on any atom is -0.344 e. The Morgan fingerprint density at radius 1 is 0.645 bits per heavy atom. The Morgan fingerprint density at radius 2 is 1.27 bits per heavy atom. The van der Waals surface area contributed by atoms with Crippen molar-refractivity contribution in [2.75, 3.05) is 22.9 Å². The van der Waals surface area contributed by atoms with Crippen LogP contribution >= 0.6 is 0 Å². The van der Waals surface area contributed by atoms with Gasteiger partial charge in [-0.05, 0) is 168 Å². The molecule has 4 fully saturated rings. The highest BCUT2D eigenvalue weighted by Crippen LogP contribution is 2.54. The van der Waals surface area contributed by atoms with E-state index in [9.17, 15) is 0 Å². The highest BCUT2D eigenvalue weighted by atomic mass is 15.2. The monoisotopic (exact) mass is 819 g/mol. The molecule has 0 saturated heterocycles. The molecule has 7 aliphatic rings. The maximum absolute atomic E-state index is 2.76. The SMILES string of the molecule is Cc1ccc2c(c1)C(C)(C)C(/C=C/C1=C(N(c3ccccc3)c3ccccc3)C(=C/C=C3/N(CC4CC5CCC4C5)c4ccc(C)cc4C3(C)C)/CC1)=[N+]2CC1CC2CCC1C2. The summed E-state index contributed by atoms with van der Waals surface area (Å²) in [5.41, 5.74) is 17.8. The zero-order valence-corrected chi connectivity index (χ0v) is 38.3. The molecule has 0 radical (unpaired) electrons. The Kier molecular flexibility index (Phi) is 9.93. The summed E-state index contributed by atoms with van der Waals surface area (Å²) in [5.74, 6) is 5.25. The molecule has 3 heteroatoms. The summed E-state index contributed by atoms with van der Waals surface area (Å²) < 4.78 is 2.76. The van der Waals surface area contributed by atoms with Crippen molar-refractivity contribution in [1.82, 2.24) is 0 Å². The molecule has 0 amide bonds. The number of nitrogens with zero attached hydrogens (tertiary/aromatic N) is 3. The molecular weight excluding hydrogens is 751 g/mol. The molecular formula is C59H68N3+. The summed E-state index contributed by atoms with van der Waals surface area (Å²) in [4.78, 5) is 5.31. The van der Waals surface area contributed by atoms with Crippen LogP contribution < -0.4 is 9.80 Å². The number of aryl methyl sites for hydroxylation is 2. The van der Waals surface area contributed by atoms with Crippen molar-refractivity contribution in [3.05, 3.63) is 166 Å². The van der Waals surface area contributed by atoms with Crippen molar-refractivity contribution >= 4 is 28.5 Å². The van der Waals surface area contributed by atoms with E-state index in [4.69, 9.17) is 0 Å². The highest BCUT2D eigenvalue weighted by Gasteiger charge is 2.49. The summed E-state index contributed by atoms with van der Waals surface area (Å²) >= 11 is 0. The van der Waals surface area contributed by atoms with E-state index >= 15 is 0 Å². The molecule has 6 atom stereocenters. The van der Waals surface area contributed by atoms with E-state index in [1.54, 1.807) is 0 Å². The predicted molar refractivity (Wildman–Crippen MR) is 260 cm³/mol. The maximum Gasteiger partial charge on any atom is 0.209 e. The van der Waals surface area contributed by atoms with Crippen LogP contribution in [0.2, 0.25) is 0 Å². The van der Waals surface area contributed by atoms with Gasteiger partial charge in [0.15, 0.2) is 12.3 Å². The van der Waals surface area contributed by atoms with Crippen molar-refractivity contribution in [3.63, 3.8) is 0 Å². The second-order valence-electron chi connectivity index (χ2n) is 21.7. The summed E-state index contributed by atoms with van der Waals surface area (Å²) in [6.45, 7) is 16.7. The van der Waals surface area contributed by atoms with Gasteiger partial charge in [-0.1, -0.05) is 105 Å². The normalized spacial score (nSPS) is 29.0. The van der Waals surface area contributed by atoms with Crippen LogP contribution in [0.5, 0.6) is 0 Å². The lowest BCUT2D eigenvalue weighted by atomic mass is 9.80. The van der Waals surface area contributed by atoms with Crippen molar-refractivity contribution in [2.45, 2.75) is 117 Å². The molecule has 4 saturated carbocycles. The molecule has 62 heavy (non-hydrogen) atoms. The number of para-hydroxylation sites is 2. The Balaban J connectivity index is 1.04. The zero-order chi connectivity index (χ0) is 42.3. The van der Waals surface area contributed by atoms with Gasteiger partial charge in [0.25, 0.3) is 0 Å². The second kappa shape index (κ2) is 15.4. The zero-order valence-electron chi connectivity index (χ0n) is 38.3.